The Labute approximate surface area is 218 Å². The molecule has 0 spiro atoms. The molecule has 0 aliphatic carbocycles. The lowest BCUT2D eigenvalue weighted by Crippen LogP contribution is -2.03. The van der Waals surface area contributed by atoms with Crippen molar-refractivity contribution < 1.29 is 19.1 Å². The molecule has 0 saturated heterocycles. The number of carbonyl (C=O) groups excluding carboxylic acids is 2. The van der Waals surface area contributed by atoms with Crippen molar-refractivity contribution in [3.8, 4) is 20.9 Å². The first kappa shape index (κ1) is 22.7. The van der Waals surface area contributed by atoms with Crippen molar-refractivity contribution in [1.29, 1.82) is 0 Å². The molecule has 33 heavy (non-hydrogen) atoms. The number of carbonyl (C=O) groups is 2. The quantitative estimate of drug-likeness (QED) is 0.189. The van der Waals surface area contributed by atoms with E-state index in [-0.39, 0.29) is 11.9 Å². The third kappa shape index (κ3) is 4.06. The number of thiophene rings is 3. The van der Waals surface area contributed by atoms with Gasteiger partial charge in [0.25, 0.3) is 0 Å². The van der Waals surface area contributed by atoms with Crippen molar-refractivity contribution in [3.63, 3.8) is 0 Å². The molecule has 0 aliphatic heterocycles. The van der Waals surface area contributed by atoms with Gasteiger partial charge in [0.1, 0.15) is 0 Å². The van der Waals surface area contributed by atoms with Crippen LogP contribution in [0.25, 0.3) is 39.7 Å². The third-order valence-corrected chi connectivity index (χ3v) is 9.96. The summed E-state index contributed by atoms with van der Waals surface area (Å²) in [6, 6.07) is 15.6. The standard InChI is InChI=1S/C24H14Br2O4S3/c1-29-23(27)15-7-11(25)3-5-13(15)17-9-19-21(32-17)22-20(31-19)10-18(33-22)14-6-4-12(26)8-16(14)24(28)30-2/h3-10H,1-2H3. The van der Waals surface area contributed by atoms with Crippen LogP contribution in [0.4, 0.5) is 0 Å². The summed E-state index contributed by atoms with van der Waals surface area (Å²) in [5.74, 6) is -0.727. The van der Waals surface area contributed by atoms with E-state index < -0.39 is 0 Å². The lowest BCUT2D eigenvalue weighted by Gasteiger charge is -2.06. The van der Waals surface area contributed by atoms with E-state index in [1.165, 1.54) is 33.0 Å². The minimum Gasteiger partial charge on any atom is -0.465 e. The van der Waals surface area contributed by atoms with Crippen LogP contribution in [0.15, 0.2) is 57.5 Å². The van der Waals surface area contributed by atoms with Crippen LogP contribution in [0.1, 0.15) is 20.7 Å². The summed E-state index contributed by atoms with van der Waals surface area (Å²) in [6.45, 7) is 0. The first-order valence-corrected chi connectivity index (χ1v) is 13.7. The fourth-order valence-electron chi connectivity index (χ4n) is 3.62. The number of fused-ring (bicyclic) bond motifs is 3. The molecule has 0 atom stereocenters. The van der Waals surface area contributed by atoms with Gasteiger partial charge in [-0.25, -0.2) is 9.59 Å². The summed E-state index contributed by atoms with van der Waals surface area (Å²) in [4.78, 5) is 26.7. The summed E-state index contributed by atoms with van der Waals surface area (Å²) in [5, 5.41) is 0. The van der Waals surface area contributed by atoms with Crippen LogP contribution in [0.3, 0.4) is 0 Å². The van der Waals surface area contributed by atoms with Crippen molar-refractivity contribution in [2.45, 2.75) is 0 Å². The molecule has 3 heterocycles. The van der Waals surface area contributed by atoms with Crippen molar-refractivity contribution in [2.75, 3.05) is 14.2 Å². The molecule has 4 nitrogen and oxygen atoms in total. The second-order valence-corrected chi connectivity index (χ2v) is 12.1. The number of benzene rings is 2. The Morgan fingerprint density at radius 2 is 1.09 bits per heavy atom. The van der Waals surface area contributed by atoms with Gasteiger partial charge >= 0.3 is 11.9 Å². The molecule has 9 heteroatoms. The highest BCUT2D eigenvalue weighted by molar-refractivity contribution is 9.10. The molecular weight excluding hydrogens is 608 g/mol. The summed E-state index contributed by atoms with van der Waals surface area (Å²) in [6.07, 6.45) is 0. The Balaban J connectivity index is 1.64. The lowest BCUT2D eigenvalue weighted by molar-refractivity contribution is 0.0592. The van der Waals surface area contributed by atoms with Crippen molar-refractivity contribution in [2.24, 2.45) is 0 Å². The number of ether oxygens (including phenoxy) is 2. The number of hydrogen-bond acceptors (Lipinski definition) is 7. The van der Waals surface area contributed by atoms with E-state index in [1.807, 2.05) is 24.3 Å². The minimum atomic E-state index is -0.364. The van der Waals surface area contributed by atoms with Crippen LogP contribution in [0, 0.1) is 0 Å². The summed E-state index contributed by atoms with van der Waals surface area (Å²) in [5.41, 5.74) is 2.76. The Hall–Kier alpha value is -2.04. The van der Waals surface area contributed by atoms with Gasteiger partial charge in [-0.15, -0.1) is 34.0 Å². The van der Waals surface area contributed by atoms with Crippen LogP contribution in [-0.2, 0) is 9.47 Å². The molecule has 5 aromatic rings. The first-order valence-electron chi connectivity index (χ1n) is 9.62. The molecule has 0 saturated carbocycles. The molecule has 2 aromatic carbocycles. The van der Waals surface area contributed by atoms with E-state index in [4.69, 9.17) is 9.47 Å². The van der Waals surface area contributed by atoms with E-state index in [0.29, 0.717) is 11.1 Å². The molecule has 0 unspecified atom stereocenters. The second-order valence-electron chi connectivity index (χ2n) is 7.07. The highest BCUT2D eigenvalue weighted by Crippen LogP contribution is 2.49. The maximum absolute atomic E-state index is 12.3. The molecule has 0 aliphatic rings. The Kier molecular flexibility index (Phi) is 6.17. The van der Waals surface area contributed by atoms with Crippen LogP contribution in [-0.4, -0.2) is 26.2 Å². The van der Waals surface area contributed by atoms with Gasteiger partial charge in [0.2, 0.25) is 0 Å². The summed E-state index contributed by atoms with van der Waals surface area (Å²) in [7, 11) is 2.78. The van der Waals surface area contributed by atoms with E-state index in [1.54, 1.807) is 46.1 Å². The van der Waals surface area contributed by atoms with E-state index in [9.17, 15) is 9.59 Å². The van der Waals surface area contributed by atoms with Gasteiger partial charge in [-0.05, 0) is 36.4 Å². The number of esters is 2. The minimum absolute atomic E-state index is 0.364. The zero-order chi connectivity index (χ0) is 23.3. The van der Waals surface area contributed by atoms with Gasteiger partial charge in [0, 0.05) is 39.2 Å². The molecule has 0 fully saturated rings. The largest absolute Gasteiger partial charge is 0.465 e. The van der Waals surface area contributed by atoms with Gasteiger partial charge in [0.15, 0.2) is 0 Å². The predicted octanol–water partition coefficient (Wildman–Crippen LogP) is 8.61. The molecule has 166 valence electrons. The van der Waals surface area contributed by atoms with Crippen molar-refractivity contribution in [1.82, 2.24) is 0 Å². The zero-order valence-electron chi connectivity index (χ0n) is 17.2. The van der Waals surface area contributed by atoms with E-state index >= 15 is 0 Å². The van der Waals surface area contributed by atoms with Crippen molar-refractivity contribution >= 4 is 96.6 Å². The summed E-state index contributed by atoms with van der Waals surface area (Å²) < 4.78 is 16.3. The SMILES string of the molecule is COC(=O)c1cc(Br)ccc1-c1cc2sc3cc(-c4ccc(Br)cc4C(=O)OC)sc3c2s1. The van der Waals surface area contributed by atoms with Gasteiger partial charge in [0.05, 0.1) is 34.7 Å². The molecular formula is C24H14Br2O4S3. The second kappa shape index (κ2) is 8.96. The summed E-state index contributed by atoms with van der Waals surface area (Å²) >= 11 is 11.9. The van der Waals surface area contributed by atoms with Gasteiger partial charge < -0.3 is 9.47 Å². The van der Waals surface area contributed by atoms with Crippen LogP contribution >= 0.6 is 65.9 Å². The van der Waals surface area contributed by atoms with Crippen LogP contribution < -0.4 is 0 Å². The van der Waals surface area contributed by atoms with E-state index in [2.05, 4.69) is 44.0 Å². The Morgan fingerprint density at radius 1 is 0.667 bits per heavy atom. The maximum Gasteiger partial charge on any atom is 0.338 e. The van der Waals surface area contributed by atoms with Gasteiger partial charge in [-0.3, -0.25) is 0 Å². The number of rotatable bonds is 4. The highest BCUT2D eigenvalue weighted by Gasteiger charge is 2.21. The lowest BCUT2D eigenvalue weighted by atomic mass is 10.1. The topological polar surface area (TPSA) is 52.6 Å². The zero-order valence-corrected chi connectivity index (χ0v) is 22.9. The smallest absolute Gasteiger partial charge is 0.338 e. The molecule has 0 bridgehead atoms. The van der Waals surface area contributed by atoms with Gasteiger partial charge in [-0.1, -0.05) is 44.0 Å². The first-order chi connectivity index (χ1) is 15.9. The molecule has 0 radical (unpaired) electrons. The molecule has 3 aromatic heterocycles. The van der Waals surface area contributed by atoms with Gasteiger partial charge in [-0.2, -0.15) is 0 Å². The average molecular weight is 622 g/mol. The average Bonchev–Trinajstić information content (AvgIpc) is 3.48. The van der Waals surface area contributed by atoms with Crippen LogP contribution in [0.2, 0.25) is 0 Å². The van der Waals surface area contributed by atoms with Crippen LogP contribution in [0.5, 0.6) is 0 Å². The fraction of sp³-hybridized carbons (Fsp3) is 0.0833. The van der Waals surface area contributed by atoms with Crippen molar-refractivity contribution in [3.05, 3.63) is 68.6 Å². The maximum atomic E-state index is 12.3. The highest BCUT2D eigenvalue weighted by atomic mass is 79.9. The molecule has 0 amide bonds. The third-order valence-electron chi connectivity index (χ3n) is 5.13. The number of hydrogen-bond donors (Lipinski definition) is 0. The Morgan fingerprint density at radius 3 is 1.48 bits per heavy atom. The predicted molar refractivity (Wildman–Crippen MR) is 144 cm³/mol. The number of methoxy groups -OCH3 is 2. The van der Waals surface area contributed by atoms with E-state index in [0.717, 1.165) is 29.8 Å². The Bertz CT molecular complexity index is 1450. The fourth-order valence-corrected chi connectivity index (χ4v) is 8.45. The number of halogens is 2. The monoisotopic (exact) mass is 620 g/mol. The normalized spacial score (nSPS) is 11.3. The molecule has 5 rings (SSSR count). The molecule has 0 N–H and O–H groups in total.